The van der Waals surface area contributed by atoms with Gasteiger partial charge in [-0.3, -0.25) is 4.99 Å². The highest BCUT2D eigenvalue weighted by Crippen LogP contribution is 2.28. The van der Waals surface area contributed by atoms with Crippen LogP contribution in [0, 0.1) is 6.92 Å². The summed E-state index contributed by atoms with van der Waals surface area (Å²) < 4.78 is 10.4. The molecule has 0 saturated carbocycles. The first-order valence-electron chi connectivity index (χ1n) is 9.08. The number of nitrogens with one attached hydrogen (secondary N) is 1. The minimum atomic E-state index is 0. The van der Waals surface area contributed by atoms with Gasteiger partial charge in [-0.25, -0.2) is 0 Å². The fraction of sp³-hybridized carbons (Fsp3) is 0.526. The second kappa shape index (κ2) is 10.5. The zero-order chi connectivity index (χ0) is 18.4. The van der Waals surface area contributed by atoms with Gasteiger partial charge in [-0.2, -0.15) is 4.98 Å². The summed E-state index contributed by atoms with van der Waals surface area (Å²) in [5.41, 5.74) is 1.36. The number of guanidine groups is 1. The predicted molar refractivity (Wildman–Crippen MR) is 116 cm³/mol. The third-order valence-corrected chi connectivity index (χ3v) is 4.71. The number of halogens is 1. The van der Waals surface area contributed by atoms with E-state index in [1.807, 2.05) is 26.1 Å². The van der Waals surface area contributed by atoms with Crippen LogP contribution in [0.25, 0.3) is 0 Å². The highest BCUT2D eigenvalue weighted by Gasteiger charge is 2.25. The molecule has 3 rings (SSSR count). The molecule has 148 valence electrons. The first-order chi connectivity index (χ1) is 12.7. The van der Waals surface area contributed by atoms with E-state index in [0.717, 1.165) is 50.6 Å². The van der Waals surface area contributed by atoms with Crippen molar-refractivity contribution in [1.82, 2.24) is 20.4 Å². The zero-order valence-electron chi connectivity index (χ0n) is 16.1. The standard InChI is InChI=1S/C19H27N5O2.HI/c1-14-22-18(26-23-14)5-4-11-21-19(20-2)24-12-10-16(13-24)15-6-8-17(25-3)9-7-15;/h6-9,16H,4-5,10-13H2,1-3H3,(H,20,21);1H. The molecule has 27 heavy (non-hydrogen) atoms. The summed E-state index contributed by atoms with van der Waals surface area (Å²) in [5.74, 6) is 3.77. The van der Waals surface area contributed by atoms with Crippen LogP contribution in [0.1, 0.15) is 36.0 Å². The zero-order valence-corrected chi connectivity index (χ0v) is 18.5. The van der Waals surface area contributed by atoms with E-state index in [1.165, 1.54) is 5.56 Å². The number of hydrogen-bond acceptors (Lipinski definition) is 5. The SMILES string of the molecule is CN=C(NCCCc1nc(C)no1)N1CCC(c2ccc(OC)cc2)C1.I. The third kappa shape index (κ3) is 5.82. The highest BCUT2D eigenvalue weighted by atomic mass is 127. The molecule has 1 aromatic carbocycles. The Labute approximate surface area is 177 Å². The molecule has 1 aromatic heterocycles. The van der Waals surface area contributed by atoms with Gasteiger partial charge in [0.25, 0.3) is 0 Å². The topological polar surface area (TPSA) is 75.8 Å². The molecule has 2 aromatic rings. The van der Waals surface area contributed by atoms with E-state index in [0.29, 0.717) is 17.6 Å². The largest absolute Gasteiger partial charge is 0.497 e. The van der Waals surface area contributed by atoms with Crippen LogP contribution in [0.4, 0.5) is 0 Å². The molecule has 1 N–H and O–H groups in total. The third-order valence-electron chi connectivity index (χ3n) is 4.71. The van der Waals surface area contributed by atoms with Crippen molar-refractivity contribution in [3.05, 3.63) is 41.5 Å². The molecule has 7 nitrogen and oxygen atoms in total. The Morgan fingerprint density at radius 3 is 2.78 bits per heavy atom. The lowest BCUT2D eigenvalue weighted by Crippen LogP contribution is -2.40. The van der Waals surface area contributed by atoms with Crippen molar-refractivity contribution in [2.75, 3.05) is 33.8 Å². The molecule has 0 bridgehead atoms. The molecule has 2 heterocycles. The molecular weight excluding hydrogens is 457 g/mol. The summed E-state index contributed by atoms with van der Waals surface area (Å²) in [7, 11) is 3.53. The van der Waals surface area contributed by atoms with Gasteiger partial charge in [0, 0.05) is 39.0 Å². The van der Waals surface area contributed by atoms with Crippen LogP contribution in [0.2, 0.25) is 0 Å². The number of aryl methyl sites for hydroxylation is 2. The number of nitrogens with zero attached hydrogens (tertiary/aromatic N) is 4. The van der Waals surface area contributed by atoms with E-state index in [2.05, 4.69) is 37.5 Å². The Morgan fingerprint density at radius 2 is 2.15 bits per heavy atom. The number of aromatic nitrogens is 2. The molecular formula is C19H28IN5O2. The van der Waals surface area contributed by atoms with Crippen LogP contribution < -0.4 is 10.1 Å². The maximum atomic E-state index is 5.24. The maximum Gasteiger partial charge on any atom is 0.226 e. The van der Waals surface area contributed by atoms with Gasteiger partial charge in [0.2, 0.25) is 5.89 Å². The molecule has 8 heteroatoms. The van der Waals surface area contributed by atoms with Crippen molar-refractivity contribution in [1.29, 1.82) is 0 Å². The smallest absolute Gasteiger partial charge is 0.226 e. The number of likely N-dealkylation sites (tertiary alicyclic amines) is 1. The monoisotopic (exact) mass is 485 g/mol. The van der Waals surface area contributed by atoms with E-state index >= 15 is 0 Å². The molecule has 0 spiro atoms. The Hall–Kier alpha value is -1.84. The Kier molecular flexibility index (Phi) is 8.33. The number of benzene rings is 1. The Balaban J connectivity index is 0.00000261. The molecule has 1 aliphatic rings. The number of ether oxygens (including phenoxy) is 1. The lowest BCUT2D eigenvalue weighted by atomic mass is 9.98. The van der Waals surface area contributed by atoms with E-state index in [-0.39, 0.29) is 24.0 Å². The summed E-state index contributed by atoms with van der Waals surface area (Å²) in [5, 5.41) is 7.26. The lowest BCUT2D eigenvalue weighted by Gasteiger charge is -2.21. The van der Waals surface area contributed by atoms with Crippen molar-refractivity contribution in [2.45, 2.75) is 32.1 Å². The minimum Gasteiger partial charge on any atom is -0.497 e. The molecule has 0 aliphatic carbocycles. The molecule has 1 atom stereocenters. The molecule has 1 unspecified atom stereocenters. The van der Waals surface area contributed by atoms with Gasteiger partial charge in [0.1, 0.15) is 5.75 Å². The second-order valence-electron chi connectivity index (χ2n) is 6.52. The summed E-state index contributed by atoms with van der Waals surface area (Å²) in [6.45, 7) is 4.66. The van der Waals surface area contributed by atoms with Crippen molar-refractivity contribution >= 4 is 29.9 Å². The summed E-state index contributed by atoms with van der Waals surface area (Å²) >= 11 is 0. The molecule has 1 saturated heterocycles. The number of hydrogen-bond donors (Lipinski definition) is 1. The first kappa shape index (κ1) is 21.5. The maximum absolute atomic E-state index is 5.24. The van der Waals surface area contributed by atoms with Crippen LogP contribution in [0.3, 0.4) is 0 Å². The van der Waals surface area contributed by atoms with Crippen LogP contribution >= 0.6 is 24.0 Å². The van der Waals surface area contributed by atoms with Crippen LogP contribution in [-0.2, 0) is 6.42 Å². The Morgan fingerprint density at radius 1 is 1.37 bits per heavy atom. The normalized spacial score (nSPS) is 16.9. The van der Waals surface area contributed by atoms with Crippen LogP contribution in [0.15, 0.2) is 33.8 Å². The average molecular weight is 485 g/mol. The van der Waals surface area contributed by atoms with Gasteiger partial charge in [-0.05, 0) is 37.5 Å². The fourth-order valence-electron chi connectivity index (χ4n) is 3.31. The number of aliphatic imine (C=N–C) groups is 1. The Bertz CT molecular complexity index is 732. The van der Waals surface area contributed by atoms with Crippen molar-refractivity contribution in [3.8, 4) is 5.75 Å². The average Bonchev–Trinajstić information content (AvgIpc) is 3.31. The van der Waals surface area contributed by atoms with Gasteiger partial charge < -0.3 is 19.5 Å². The van der Waals surface area contributed by atoms with Gasteiger partial charge >= 0.3 is 0 Å². The van der Waals surface area contributed by atoms with Crippen LogP contribution in [0.5, 0.6) is 5.75 Å². The molecule has 0 radical (unpaired) electrons. The van der Waals surface area contributed by atoms with Crippen molar-refractivity contribution in [2.24, 2.45) is 4.99 Å². The summed E-state index contributed by atoms with van der Waals surface area (Å²) in [6, 6.07) is 8.39. The van der Waals surface area contributed by atoms with Gasteiger partial charge in [0.05, 0.1) is 7.11 Å². The van der Waals surface area contributed by atoms with Gasteiger partial charge in [-0.1, -0.05) is 17.3 Å². The molecule has 1 aliphatic heterocycles. The molecule has 0 amide bonds. The lowest BCUT2D eigenvalue weighted by molar-refractivity contribution is 0.371. The van der Waals surface area contributed by atoms with Gasteiger partial charge in [0.15, 0.2) is 11.8 Å². The van der Waals surface area contributed by atoms with E-state index < -0.39 is 0 Å². The second-order valence-corrected chi connectivity index (χ2v) is 6.52. The van der Waals surface area contributed by atoms with Crippen molar-refractivity contribution in [3.63, 3.8) is 0 Å². The van der Waals surface area contributed by atoms with Crippen molar-refractivity contribution < 1.29 is 9.26 Å². The first-order valence-corrected chi connectivity index (χ1v) is 9.08. The number of rotatable bonds is 6. The summed E-state index contributed by atoms with van der Waals surface area (Å²) in [6.07, 6.45) is 2.84. The fourth-order valence-corrected chi connectivity index (χ4v) is 3.31. The van der Waals surface area contributed by atoms with Gasteiger partial charge in [-0.15, -0.1) is 24.0 Å². The number of methoxy groups -OCH3 is 1. The van der Waals surface area contributed by atoms with Crippen LogP contribution in [-0.4, -0.2) is 54.8 Å². The van der Waals surface area contributed by atoms with E-state index in [4.69, 9.17) is 9.26 Å². The molecule has 1 fully saturated rings. The van der Waals surface area contributed by atoms with E-state index in [1.54, 1.807) is 7.11 Å². The minimum absolute atomic E-state index is 0. The van der Waals surface area contributed by atoms with E-state index in [9.17, 15) is 0 Å². The predicted octanol–water partition coefficient (Wildman–Crippen LogP) is 3.00. The summed E-state index contributed by atoms with van der Waals surface area (Å²) in [4.78, 5) is 11.0. The quantitative estimate of drug-likeness (QED) is 0.294. The highest BCUT2D eigenvalue weighted by molar-refractivity contribution is 14.0.